The van der Waals surface area contributed by atoms with Crippen molar-refractivity contribution in [2.75, 3.05) is 0 Å². The molecular weight excluding hydrogens is 666 g/mol. The highest BCUT2D eigenvalue weighted by molar-refractivity contribution is 9.11. The van der Waals surface area contributed by atoms with E-state index in [1.54, 1.807) is 55.5 Å². The van der Waals surface area contributed by atoms with Gasteiger partial charge in [0.2, 0.25) is 0 Å². The van der Waals surface area contributed by atoms with E-state index in [1.165, 1.54) is 12.2 Å². The lowest BCUT2D eigenvalue weighted by Crippen LogP contribution is -2.40. The first-order chi connectivity index (χ1) is 21.7. The van der Waals surface area contributed by atoms with Crippen LogP contribution in [0.25, 0.3) is 0 Å². The second-order valence-corrected chi connectivity index (χ2v) is 12.0. The SMILES string of the molecule is CC/C=C/C(CC(O)CC(=O)C(O)C(O)C(C)/C(Br)=C/C=C/C=C(C)/C=C/C=C/C(=O)OC1CC(C(=O)O)CCC1O)OC(N)=O. The molecule has 0 aromatic rings. The number of nitrogens with two attached hydrogens (primary N) is 1. The number of aliphatic hydroxyl groups is 4. The zero-order chi connectivity index (χ0) is 34.8. The maximum atomic E-state index is 12.5. The van der Waals surface area contributed by atoms with Gasteiger partial charge < -0.3 is 40.7 Å². The second-order valence-electron chi connectivity index (χ2n) is 11.1. The van der Waals surface area contributed by atoms with Gasteiger partial charge in [-0.25, -0.2) is 9.59 Å². The van der Waals surface area contributed by atoms with E-state index in [2.05, 4.69) is 15.9 Å². The van der Waals surface area contributed by atoms with Gasteiger partial charge in [0.15, 0.2) is 5.78 Å². The third kappa shape index (κ3) is 15.8. The molecule has 0 aliphatic heterocycles. The van der Waals surface area contributed by atoms with E-state index in [-0.39, 0.29) is 19.3 Å². The topological polar surface area (TPSA) is 214 Å². The maximum absolute atomic E-state index is 12.5. The summed E-state index contributed by atoms with van der Waals surface area (Å²) in [5.74, 6) is -3.75. The fourth-order valence-corrected chi connectivity index (χ4v) is 4.91. The van der Waals surface area contributed by atoms with Crippen molar-refractivity contribution in [2.24, 2.45) is 17.6 Å². The quantitative estimate of drug-likeness (QED) is 0.0523. The molecule has 1 saturated carbocycles. The number of rotatable bonds is 18. The van der Waals surface area contributed by atoms with Gasteiger partial charge in [0.25, 0.3) is 0 Å². The zero-order valence-electron chi connectivity index (χ0n) is 26.3. The summed E-state index contributed by atoms with van der Waals surface area (Å²) in [6, 6.07) is 0. The zero-order valence-corrected chi connectivity index (χ0v) is 27.9. The van der Waals surface area contributed by atoms with E-state index < -0.39 is 78.7 Å². The summed E-state index contributed by atoms with van der Waals surface area (Å²) in [6.45, 7) is 5.30. The number of amides is 1. The summed E-state index contributed by atoms with van der Waals surface area (Å²) in [4.78, 5) is 46.8. The number of Topliss-reactive ketones (excluding diaryl/α,β-unsaturated/α-hetero) is 1. The number of allylic oxidation sites excluding steroid dienone is 9. The molecule has 7 N–H and O–H groups in total. The Hall–Kier alpha value is -3.36. The largest absolute Gasteiger partial charge is 0.481 e. The highest BCUT2D eigenvalue weighted by Crippen LogP contribution is 2.27. The molecule has 1 fully saturated rings. The van der Waals surface area contributed by atoms with Crippen LogP contribution in [-0.4, -0.2) is 86.0 Å². The minimum atomic E-state index is -1.76. The minimum absolute atomic E-state index is 0.0695. The van der Waals surface area contributed by atoms with Crippen LogP contribution in [0.4, 0.5) is 4.79 Å². The molecule has 0 heterocycles. The predicted octanol–water partition coefficient (Wildman–Crippen LogP) is 3.54. The molecule has 1 aliphatic rings. The Morgan fingerprint density at radius 2 is 1.67 bits per heavy atom. The number of esters is 1. The first-order valence-corrected chi connectivity index (χ1v) is 15.8. The molecule has 8 atom stereocenters. The highest BCUT2D eigenvalue weighted by Gasteiger charge is 2.35. The van der Waals surface area contributed by atoms with Crippen molar-refractivity contribution in [1.82, 2.24) is 0 Å². The Kier molecular flexibility index (Phi) is 19.0. The lowest BCUT2D eigenvalue weighted by atomic mass is 9.85. The summed E-state index contributed by atoms with van der Waals surface area (Å²) in [6.07, 6.45) is 8.76. The van der Waals surface area contributed by atoms with E-state index in [0.29, 0.717) is 17.3 Å². The third-order valence-electron chi connectivity index (χ3n) is 7.20. The first-order valence-electron chi connectivity index (χ1n) is 15.0. The Labute approximate surface area is 277 Å². The van der Waals surface area contributed by atoms with Crippen LogP contribution >= 0.6 is 15.9 Å². The molecule has 0 aromatic carbocycles. The molecule has 0 saturated heterocycles. The van der Waals surface area contributed by atoms with Crippen LogP contribution in [0.15, 0.2) is 70.8 Å². The van der Waals surface area contributed by atoms with Crippen molar-refractivity contribution in [3.8, 4) is 0 Å². The Bertz CT molecular complexity index is 1210. The third-order valence-corrected chi connectivity index (χ3v) is 8.18. The number of carbonyl (C=O) groups excluding carboxylic acids is 3. The van der Waals surface area contributed by atoms with Gasteiger partial charge >= 0.3 is 18.0 Å². The van der Waals surface area contributed by atoms with Crippen LogP contribution in [0.2, 0.25) is 0 Å². The van der Waals surface area contributed by atoms with Crippen LogP contribution in [-0.2, 0) is 23.9 Å². The molecule has 0 spiro atoms. The Balaban J connectivity index is 2.61. The van der Waals surface area contributed by atoms with E-state index in [1.807, 2.05) is 13.8 Å². The monoisotopic (exact) mass is 711 g/mol. The number of halogens is 1. The number of carbonyl (C=O) groups is 4. The highest BCUT2D eigenvalue weighted by atomic mass is 79.9. The van der Waals surface area contributed by atoms with Crippen molar-refractivity contribution in [3.05, 3.63) is 70.8 Å². The number of carboxylic acid groups (broad SMARTS) is 1. The average Bonchev–Trinajstić information content (AvgIpc) is 2.99. The van der Waals surface area contributed by atoms with E-state index in [9.17, 15) is 39.6 Å². The number of hydrogen-bond acceptors (Lipinski definition) is 10. The van der Waals surface area contributed by atoms with Crippen LogP contribution in [0.3, 0.4) is 0 Å². The summed E-state index contributed by atoms with van der Waals surface area (Å²) in [5, 5.41) is 50.4. The number of ketones is 1. The fourth-order valence-electron chi connectivity index (χ4n) is 4.49. The summed E-state index contributed by atoms with van der Waals surface area (Å²) >= 11 is 3.35. The average molecular weight is 713 g/mol. The molecule has 1 rings (SSSR count). The van der Waals surface area contributed by atoms with Crippen LogP contribution in [0.1, 0.15) is 59.3 Å². The first kappa shape index (κ1) is 40.7. The number of aliphatic carboxylic acids is 1. The molecule has 0 radical (unpaired) electrons. The standard InChI is InChI=1S/C33H46BrNO11/c1-4-5-12-24(45-33(35)44)18-23(36)19-27(38)31(41)30(40)21(3)25(34)13-8-6-10-20(2)11-7-9-14-29(39)46-28-17-22(32(42)43)15-16-26(28)37/h5-14,21-24,26,28,30-31,36-37,40-41H,4,15-19H2,1-3H3,(H2,35,44)(H,42,43)/b8-6+,11-7+,12-5+,14-9+,20-10+,25-13-. The molecule has 13 heteroatoms. The summed E-state index contributed by atoms with van der Waals surface area (Å²) < 4.78 is 10.6. The van der Waals surface area contributed by atoms with Crippen LogP contribution in [0.5, 0.6) is 0 Å². The molecule has 0 bridgehead atoms. The van der Waals surface area contributed by atoms with E-state index in [0.717, 1.165) is 5.57 Å². The lowest BCUT2D eigenvalue weighted by molar-refractivity contribution is -0.159. The normalized spacial score (nSPS) is 23.0. The number of ether oxygens (including phenoxy) is 2. The molecular formula is C33H46BrNO11. The van der Waals surface area contributed by atoms with Crippen LogP contribution in [0, 0.1) is 11.8 Å². The minimum Gasteiger partial charge on any atom is -0.481 e. The Morgan fingerprint density at radius 1 is 1.02 bits per heavy atom. The van der Waals surface area contributed by atoms with Gasteiger partial charge in [-0.05, 0) is 32.3 Å². The van der Waals surface area contributed by atoms with Gasteiger partial charge in [-0.3, -0.25) is 9.59 Å². The van der Waals surface area contributed by atoms with Gasteiger partial charge in [-0.2, -0.15) is 0 Å². The van der Waals surface area contributed by atoms with Crippen molar-refractivity contribution >= 4 is 39.7 Å². The summed E-state index contributed by atoms with van der Waals surface area (Å²) in [5.41, 5.74) is 5.87. The predicted molar refractivity (Wildman–Crippen MR) is 174 cm³/mol. The van der Waals surface area contributed by atoms with Crippen molar-refractivity contribution in [1.29, 1.82) is 0 Å². The van der Waals surface area contributed by atoms with Gasteiger partial charge in [-0.15, -0.1) is 0 Å². The van der Waals surface area contributed by atoms with E-state index >= 15 is 0 Å². The Morgan fingerprint density at radius 3 is 2.30 bits per heavy atom. The van der Waals surface area contributed by atoms with Gasteiger partial charge in [0, 0.05) is 35.7 Å². The smallest absolute Gasteiger partial charge is 0.405 e. The number of aliphatic hydroxyl groups excluding tert-OH is 4. The van der Waals surface area contributed by atoms with Gasteiger partial charge in [0.1, 0.15) is 18.3 Å². The van der Waals surface area contributed by atoms with E-state index in [4.69, 9.17) is 20.3 Å². The lowest BCUT2D eigenvalue weighted by Gasteiger charge is -2.30. The molecule has 46 heavy (non-hydrogen) atoms. The molecule has 12 nitrogen and oxygen atoms in total. The fraction of sp³-hybridized carbons (Fsp3) is 0.515. The molecule has 1 amide bonds. The van der Waals surface area contributed by atoms with Crippen LogP contribution < -0.4 is 5.73 Å². The van der Waals surface area contributed by atoms with Crippen molar-refractivity contribution in [2.45, 2.75) is 95.9 Å². The molecule has 256 valence electrons. The van der Waals surface area contributed by atoms with Crippen molar-refractivity contribution < 1.29 is 54.2 Å². The summed E-state index contributed by atoms with van der Waals surface area (Å²) in [7, 11) is 0. The number of primary amides is 1. The molecule has 8 unspecified atom stereocenters. The van der Waals surface area contributed by atoms with Gasteiger partial charge in [-0.1, -0.05) is 84.0 Å². The number of hydrogen-bond donors (Lipinski definition) is 6. The number of carboxylic acids is 1. The van der Waals surface area contributed by atoms with Crippen molar-refractivity contribution in [3.63, 3.8) is 0 Å². The van der Waals surface area contributed by atoms with Gasteiger partial charge in [0.05, 0.1) is 24.2 Å². The molecule has 0 aromatic heterocycles. The maximum Gasteiger partial charge on any atom is 0.405 e. The second kappa shape index (κ2) is 21.4. The molecule has 1 aliphatic carbocycles.